The van der Waals surface area contributed by atoms with Gasteiger partial charge in [0, 0.05) is 12.1 Å². The van der Waals surface area contributed by atoms with Gasteiger partial charge in [-0.15, -0.1) is 0 Å². The molecular formula is C11H13NO5. The van der Waals surface area contributed by atoms with Crippen molar-refractivity contribution in [2.45, 2.75) is 26.4 Å². The fourth-order valence-electron chi connectivity index (χ4n) is 1.18. The van der Waals surface area contributed by atoms with Gasteiger partial charge in [0.05, 0.1) is 4.92 Å². The Hall–Kier alpha value is -2.11. The third-order valence-corrected chi connectivity index (χ3v) is 1.80. The predicted molar refractivity (Wildman–Crippen MR) is 59.9 cm³/mol. The van der Waals surface area contributed by atoms with E-state index in [1.54, 1.807) is 20.8 Å². The number of rotatable bonds is 2. The zero-order valence-corrected chi connectivity index (χ0v) is 9.76. The van der Waals surface area contributed by atoms with E-state index in [1.165, 1.54) is 0 Å². The lowest BCUT2D eigenvalue weighted by Gasteiger charge is -2.19. The number of esters is 1. The smallest absolute Gasteiger partial charge is 0.345 e. The molecule has 6 heteroatoms. The Morgan fingerprint density at radius 2 is 2.00 bits per heavy atom. The fraction of sp³-hybridized carbons (Fsp3) is 0.364. The minimum Gasteiger partial charge on any atom is -0.508 e. The maximum atomic E-state index is 11.7. The molecule has 0 radical (unpaired) electrons. The zero-order valence-electron chi connectivity index (χ0n) is 9.76. The first-order chi connectivity index (χ1) is 7.70. The van der Waals surface area contributed by atoms with Gasteiger partial charge in [0.1, 0.15) is 16.9 Å². The van der Waals surface area contributed by atoms with E-state index in [9.17, 15) is 20.0 Å². The van der Waals surface area contributed by atoms with E-state index in [0.29, 0.717) is 0 Å². The van der Waals surface area contributed by atoms with E-state index in [4.69, 9.17) is 4.74 Å². The third-order valence-electron chi connectivity index (χ3n) is 1.80. The summed E-state index contributed by atoms with van der Waals surface area (Å²) in [5.74, 6) is -1.06. The maximum Gasteiger partial charge on any atom is 0.345 e. The molecule has 0 saturated carbocycles. The molecule has 0 heterocycles. The monoisotopic (exact) mass is 239 g/mol. The van der Waals surface area contributed by atoms with Crippen molar-refractivity contribution >= 4 is 11.7 Å². The summed E-state index contributed by atoms with van der Waals surface area (Å²) >= 11 is 0. The average Bonchev–Trinajstić information content (AvgIpc) is 2.14. The Balaban J connectivity index is 3.16. The molecule has 0 amide bonds. The van der Waals surface area contributed by atoms with E-state index in [-0.39, 0.29) is 11.3 Å². The highest BCUT2D eigenvalue weighted by Crippen LogP contribution is 2.25. The summed E-state index contributed by atoms with van der Waals surface area (Å²) in [4.78, 5) is 21.7. The molecule has 0 saturated heterocycles. The molecule has 0 aliphatic rings. The maximum absolute atomic E-state index is 11.7. The van der Waals surface area contributed by atoms with Crippen LogP contribution in [-0.2, 0) is 4.74 Å². The number of nitro benzene ring substituents is 1. The number of hydrogen-bond acceptors (Lipinski definition) is 5. The lowest BCUT2D eigenvalue weighted by Crippen LogP contribution is -2.24. The van der Waals surface area contributed by atoms with Crippen molar-refractivity contribution in [1.29, 1.82) is 0 Å². The van der Waals surface area contributed by atoms with Crippen LogP contribution in [0.25, 0.3) is 0 Å². The number of benzene rings is 1. The number of hydrogen-bond donors (Lipinski definition) is 1. The van der Waals surface area contributed by atoms with Gasteiger partial charge < -0.3 is 9.84 Å². The van der Waals surface area contributed by atoms with Crippen LogP contribution in [0.5, 0.6) is 5.75 Å². The molecule has 0 aliphatic heterocycles. The second-order valence-electron chi connectivity index (χ2n) is 4.46. The lowest BCUT2D eigenvalue weighted by atomic mass is 10.1. The van der Waals surface area contributed by atoms with Crippen molar-refractivity contribution in [3.63, 3.8) is 0 Å². The van der Waals surface area contributed by atoms with Crippen LogP contribution in [0.2, 0.25) is 0 Å². The van der Waals surface area contributed by atoms with Gasteiger partial charge in [-0.3, -0.25) is 10.1 Å². The van der Waals surface area contributed by atoms with E-state index < -0.39 is 22.2 Å². The highest BCUT2D eigenvalue weighted by Gasteiger charge is 2.25. The topological polar surface area (TPSA) is 89.7 Å². The summed E-state index contributed by atoms with van der Waals surface area (Å²) in [6.07, 6.45) is 0. The first kappa shape index (κ1) is 13.0. The molecule has 0 spiro atoms. The molecule has 0 bridgehead atoms. The van der Waals surface area contributed by atoms with Crippen molar-refractivity contribution in [2.24, 2.45) is 0 Å². The van der Waals surface area contributed by atoms with E-state index in [0.717, 1.165) is 18.2 Å². The SMILES string of the molecule is CC(C)(C)OC(=O)c1cc(O)ccc1[N+](=O)[O-]. The fourth-order valence-corrected chi connectivity index (χ4v) is 1.18. The molecule has 0 unspecified atom stereocenters. The Kier molecular flexibility index (Phi) is 3.36. The van der Waals surface area contributed by atoms with Gasteiger partial charge in [-0.05, 0) is 26.8 Å². The molecule has 0 fully saturated rings. The first-order valence-electron chi connectivity index (χ1n) is 4.91. The summed E-state index contributed by atoms with van der Waals surface area (Å²) in [5.41, 5.74) is -1.40. The van der Waals surface area contributed by atoms with Crippen LogP contribution in [0.4, 0.5) is 5.69 Å². The van der Waals surface area contributed by atoms with Gasteiger partial charge >= 0.3 is 5.97 Å². The number of phenols is 1. The molecule has 1 aromatic carbocycles. The molecule has 1 aromatic rings. The summed E-state index contributed by atoms with van der Waals surface area (Å²) < 4.78 is 5.02. The second kappa shape index (κ2) is 4.40. The van der Waals surface area contributed by atoms with E-state index >= 15 is 0 Å². The van der Waals surface area contributed by atoms with Gasteiger partial charge in [-0.25, -0.2) is 4.79 Å². The van der Waals surface area contributed by atoms with Crippen molar-refractivity contribution < 1.29 is 19.6 Å². The Bertz CT molecular complexity index is 461. The molecule has 1 rings (SSSR count). The molecule has 0 aliphatic carbocycles. The van der Waals surface area contributed by atoms with Crippen molar-refractivity contribution in [3.05, 3.63) is 33.9 Å². The highest BCUT2D eigenvalue weighted by atomic mass is 16.6. The van der Waals surface area contributed by atoms with Crippen molar-refractivity contribution in [1.82, 2.24) is 0 Å². The number of phenolic OH excluding ortho intramolecular Hbond substituents is 1. The van der Waals surface area contributed by atoms with Crippen LogP contribution in [-0.4, -0.2) is 21.6 Å². The summed E-state index contributed by atoms with van der Waals surface area (Å²) in [5, 5.41) is 20.0. The number of carbonyl (C=O) groups excluding carboxylic acids is 1. The minimum atomic E-state index is -0.833. The van der Waals surface area contributed by atoms with E-state index in [1.807, 2.05) is 0 Å². The van der Waals surface area contributed by atoms with Crippen LogP contribution in [0.1, 0.15) is 31.1 Å². The Labute approximate surface area is 98.0 Å². The number of aromatic hydroxyl groups is 1. The summed E-state index contributed by atoms with van der Waals surface area (Å²) in [7, 11) is 0. The molecular weight excluding hydrogens is 226 g/mol. The zero-order chi connectivity index (χ0) is 13.2. The average molecular weight is 239 g/mol. The second-order valence-corrected chi connectivity index (χ2v) is 4.46. The van der Waals surface area contributed by atoms with Crippen LogP contribution >= 0.6 is 0 Å². The molecule has 1 N–H and O–H groups in total. The van der Waals surface area contributed by atoms with Gasteiger partial charge in [0.25, 0.3) is 5.69 Å². The van der Waals surface area contributed by atoms with Crippen molar-refractivity contribution in [2.75, 3.05) is 0 Å². The van der Waals surface area contributed by atoms with Crippen LogP contribution in [0.3, 0.4) is 0 Å². The number of carbonyl (C=O) groups is 1. The van der Waals surface area contributed by atoms with Crippen LogP contribution < -0.4 is 0 Å². The largest absolute Gasteiger partial charge is 0.508 e. The molecule has 92 valence electrons. The molecule has 0 atom stereocenters. The summed E-state index contributed by atoms with van der Waals surface area (Å²) in [6.45, 7) is 4.96. The van der Waals surface area contributed by atoms with E-state index in [2.05, 4.69) is 0 Å². The van der Waals surface area contributed by atoms with Gasteiger partial charge in [0.2, 0.25) is 0 Å². The first-order valence-corrected chi connectivity index (χ1v) is 4.91. The van der Waals surface area contributed by atoms with Gasteiger partial charge in [-0.2, -0.15) is 0 Å². The summed E-state index contributed by atoms with van der Waals surface area (Å²) in [6, 6.07) is 3.23. The highest BCUT2D eigenvalue weighted by molar-refractivity contribution is 5.94. The number of nitro groups is 1. The normalized spacial score (nSPS) is 11.0. The predicted octanol–water partition coefficient (Wildman–Crippen LogP) is 2.26. The third kappa shape index (κ3) is 3.44. The molecule has 0 aromatic heterocycles. The van der Waals surface area contributed by atoms with Crippen LogP contribution in [0.15, 0.2) is 18.2 Å². The minimum absolute atomic E-state index is 0.226. The quantitative estimate of drug-likeness (QED) is 0.485. The Morgan fingerprint density at radius 3 is 2.47 bits per heavy atom. The lowest BCUT2D eigenvalue weighted by molar-refractivity contribution is -0.385. The van der Waals surface area contributed by atoms with Gasteiger partial charge in [-0.1, -0.05) is 0 Å². The molecule has 6 nitrogen and oxygen atoms in total. The van der Waals surface area contributed by atoms with Crippen molar-refractivity contribution in [3.8, 4) is 5.75 Å². The van der Waals surface area contributed by atoms with Crippen LogP contribution in [0, 0.1) is 10.1 Å². The number of ether oxygens (including phenoxy) is 1. The number of nitrogens with zero attached hydrogens (tertiary/aromatic N) is 1. The Morgan fingerprint density at radius 1 is 1.41 bits per heavy atom. The molecule has 17 heavy (non-hydrogen) atoms. The van der Waals surface area contributed by atoms with Gasteiger partial charge in [0.15, 0.2) is 0 Å². The standard InChI is InChI=1S/C11H13NO5/c1-11(2,3)17-10(14)8-6-7(13)4-5-9(8)12(15)16/h4-6,13H,1-3H3.